The molecule has 3 radical (unpaired) electrons. The van der Waals surface area contributed by atoms with Gasteiger partial charge in [0, 0.05) is 21.7 Å². The molecule has 2 aliphatic rings. The molecule has 1 aliphatic heterocycles. The van der Waals surface area contributed by atoms with Gasteiger partial charge in [-0.05, 0) is 43.2 Å². The maximum Gasteiger partial charge on any atom is 0.183 e. The van der Waals surface area contributed by atoms with E-state index in [-0.39, 0.29) is 5.82 Å². The van der Waals surface area contributed by atoms with Gasteiger partial charge in [-0.15, -0.1) is 0 Å². The molecule has 0 spiro atoms. The third-order valence-corrected chi connectivity index (χ3v) is 5.82. The lowest BCUT2D eigenvalue weighted by molar-refractivity contribution is -0.214. The Balaban J connectivity index is 1.53. The molecule has 1 aromatic rings. The van der Waals surface area contributed by atoms with E-state index in [1.165, 1.54) is 31.7 Å². The number of hydrogen-bond donors (Lipinski definition) is 0. The summed E-state index contributed by atoms with van der Waals surface area (Å²) in [5.74, 6) is 1.84. The SMILES string of the molecule is Cc1ccc(C2OCC(C3CCC(C[Si])CC3)CO2)cc1F. The highest BCUT2D eigenvalue weighted by atomic mass is 28.1. The molecule has 0 bridgehead atoms. The molecule has 2 nitrogen and oxygen atoms in total. The van der Waals surface area contributed by atoms with Crippen molar-refractivity contribution in [2.75, 3.05) is 13.2 Å². The molecule has 1 heterocycles. The second-order valence-corrected chi connectivity index (χ2v) is 7.16. The van der Waals surface area contributed by atoms with Gasteiger partial charge in [-0.2, -0.15) is 0 Å². The van der Waals surface area contributed by atoms with Crippen molar-refractivity contribution in [3.8, 4) is 0 Å². The number of benzene rings is 1. The number of ether oxygens (including phenoxy) is 2. The lowest BCUT2D eigenvalue weighted by atomic mass is 9.76. The van der Waals surface area contributed by atoms with Crippen molar-refractivity contribution in [3.63, 3.8) is 0 Å². The van der Waals surface area contributed by atoms with Crippen molar-refractivity contribution in [1.82, 2.24) is 0 Å². The van der Waals surface area contributed by atoms with Crippen LogP contribution in [0.4, 0.5) is 4.39 Å². The first-order valence-electron chi connectivity index (χ1n) is 8.31. The Morgan fingerprint density at radius 3 is 2.36 bits per heavy atom. The van der Waals surface area contributed by atoms with Crippen LogP contribution in [0.1, 0.15) is 43.1 Å². The van der Waals surface area contributed by atoms with Crippen LogP contribution in [-0.2, 0) is 9.47 Å². The van der Waals surface area contributed by atoms with Crippen LogP contribution in [0.2, 0.25) is 6.04 Å². The largest absolute Gasteiger partial charge is 0.348 e. The molecule has 22 heavy (non-hydrogen) atoms. The minimum atomic E-state index is -0.412. The second-order valence-electron chi connectivity index (χ2n) is 6.75. The van der Waals surface area contributed by atoms with Gasteiger partial charge >= 0.3 is 0 Å². The molecule has 1 aliphatic carbocycles. The van der Waals surface area contributed by atoms with Crippen LogP contribution in [0.5, 0.6) is 0 Å². The summed E-state index contributed by atoms with van der Waals surface area (Å²) in [5, 5.41) is 0. The maximum absolute atomic E-state index is 13.7. The number of rotatable bonds is 3. The Labute approximate surface area is 135 Å². The zero-order chi connectivity index (χ0) is 15.5. The quantitative estimate of drug-likeness (QED) is 0.778. The first-order chi connectivity index (χ1) is 10.7. The van der Waals surface area contributed by atoms with E-state index in [0.29, 0.717) is 17.4 Å². The molecule has 0 aromatic heterocycles. The zero-order valence-corrected chi connectivity index (χ0v) is 14.2. The van der Waals surface area contributed by atoms with E-state index in [4.69, 9.17) is 9.47 Å². The summed E-state index contributed by atoms with van der Waals surface area (Å²) in [4.78, 5) is 0. The van der Waals surface area contributed by atoms with E-state index in [0.717, 1.165) is 30.7 Å². The Morgan fingerprint density at radius 1 is 1.09 bits per heavy atom. The molecular formula is C18H24FO2Si. The van der Waals surface area contributed by atoms with Crippen molar-refractivity contribution in [3.05, 3.63) is 35.1 Å². The van der Waals surface area contributed by atoms with Gasteiger partial charge in [-0.3, -0.25) is 0 Å². The number of halogens is 1. The van der Waals surface area contributed by atoms with Crippen molar-refractivity contribution >= 4 is 10.2 Å². The highest BCUT2D eigenvalue weighted by molar-refractivity contribution is 6.08. The van der Waals surface area contributed by atoms with E-state index >= 15 is 0 Å². The van der Waals surface area contributed by atoms with E-state index in [2.05, 4.69) is 10.2 Å². The Bertz CT molecular complexity index is 492. The van der Waals surface area contributed by atoms with Gasteiger partial charge < -0.3 is 9.47 Å². The molecule has 0 amide bonds. The Hall–Kier alpha value is -0.713. The molecule has 1 aromatic carbocycles. The van der Waals surface area contributed by atoms with Gasteiger partial charge in [0.15, 0.2) is 6.29 Å². The second kappa shape index (κ2) is 7.24. The standard InChI is InChI=1S/C18H24FO2Si/c1-12-2-5-15(8-17(12)19)18-20-9-16(10-21-18)14-6-3-13(11-22)4-7-14/h2,5,8,13-14,16,18H,3-4,6-7,9-11H2,1H3. The molecule has 0 unspecified atom stereocenters. The average molecular weight is 319 g/mol. The molecule has 0 atom stereocenters. The van der Waals surface area contributed by atoms with Gasteiger partial charge in [0.1, 0.15) is 5.82 Å². The molecular weight excluding hydrogens is 295 g/mol. The average Bonchev–Trinajstić information content (AvgIpc) is 2.58. The lowest BCUT2D eigenvalue weighted by Crippen LogP contribution is -2.34. The van der Waals surface area contributed by atoms with Crippen LogP contribution in [0.25, 0.3) is 0 Å². The highest BCUT2D eigenvalue weighted by Gasteiger charge is 2.32. The van der Waals surface area contributed by atoms with Gasteiger partial charge in [0.05, 0.1) is 13.2 Å². The molecule has 0 N–H and O–H groups in total. The van der Waals surface area contributed by atoms with Crippen LogP contribution >= 0.6 is 0 Å². The van der Waals surface area contributed by atoms with Crippen LogP contribution in [-0.4, -0.2) is 23.5 Å². The summed E-state index contributed by atoms with van der Waals surface area (Å²) in [5.41, 5.74) is 1.44. The summed E-state index contributed by atoms with van der Waals surface area (Å²) >= 11 is 0. The summed E-state index contributed by atoms with van der Waals surface area (Å²) in [6, 6.07) is 6.32. The van der Waals surface area contributed by atoms with Crippen LogP contribution in [0.3, 0.4) is 0 Å². The summed E-state index contributed by atoms with van der Waals surface area (Å²) < 4.78 is 25.4. The van der Waals surface area contributed by atoms with Crippen LogP contribution in [0, 0.1) is 30.5 Å². The van der Waals surface area contributed by atoms with E-state index in [9.17, 15) is 4.39 Å². The van der Waals surface area contributed by atoms with Gasteiger partial charge in [-0.25, -0.2) is 4.39 Å². The fourth-order valence-electron chi connectivity index (χ4n) is 3.60. The summed E-state index contributed by atoms with van der Waals surface area (Å²) in [6.07, 6.45) is 4.74. The van der Waals surface area contributed by atoms with E-state index in [1.54, 1.807) is 13.0 Å². The third-order valence-electron chi connectivity index (χ3n) is 5.24. The number of aryl methyl sites for hydroxylation is 1. The van der Waals surface area contributed by atoms with E-state index < -0.39 is 6.29 Å². The van der Waals surface area contributed by atoms with Crippen molar-refractivity contribution in [1.29, 1.82) is 0 Å². The van der Waals surface area contributed by atoms with Crippen molar-refractivity contribution in [2.24, 2.45) is 17.8 Å². The number of hydrogen-bond acceptors (Lipinski definition) is 2. The molecule has 2 fully saturated rings. The van der Waals surface area contributed by atoms with Gasteiger partial charge in [0.25, 0.3) is 0 Å². The monoisotopic (exact) mass is 319 g/mol. The highest BCUT2D eigenvalue weighted by Crippen LogP contribution is 2.38. The fraction of sp³-hybridized carbons (Fsp3) is 0.667. The lowest BCUT2D eigenvalue weighted by Gasteiger charge is -2.37. The normalized spacial score (nSPS) is 32.9. The predicted octanol–water partition coefficient (Wildman–Crippen LogP) is 4.19. The van der Waals surface area contributed by atoms with Gasteiger partial charge in [-0.1, -0.05) is 31.0 Å². The first-order valence-corrected chi connectivity index (χ1v) is 9.02. The van der Waals surface area contributed by atoms with Crippen LogP contribution in [0.15, 0.2) is 18.2 Å². The topological polar surface area (TPSA) is 18.5 Å². The minimum absolute atomic E-state index is 0.195. The molecule has 119 valence electrons. The molecule has 1 saturated heterocycles. The predicted molar refractivity (Wildman–Crippen MR) is 85.3 cm³/mol. The maximum atomic E-state index is 13.7. The van der Waals surface area contributed by atoms with E-state index in [1.807, 2.05) is 6.07 Å². The first kappa shape index (κ1) is 16.2. The summed E-state index contributed by atoms with van der Waals surface area (Å²) in [7, 11) is 3.64. The van der Waals surface area contributed by atoms with Crippen LogP contribution < -0.4 is 0 Å². The van der Waals surface area contributed by atoms with Crippen molar-refractivity contribution in [2.45, 2.75) is 44.9 Å². The molecule has 1 saturated carbocycles. The third kappa shape index (κ3) is 3.61. The zero-order valence-electron chi connectivity index (χ0n) is 13.2. The van der Waals surface area contributed by atoms with Gasteiger partial charge in [0.2, 0.25) is 0 Å². The Kier molecular flexibility index (Phi) is 5.32. The summed E-state index contributed by atoms with van der Waals surface area (Å²) in [6.45, 7) is 3.22. The molecule has 3 rings (SSSR count). The molecule has 4 heteroatoms. The Morgan fingerprint density at radius 2 is 1.77 bits per heavy atom. The minimum Gasteiger partial charge on any atom is -0.348 e. The van der Waals surface area contributed by atoms with Crippen molar-refractivity contribution < 1.29 is 13.9 Å². The fourth-order valence-corrected chi connectivity index (χ4v) is 4.01. The smallest absolute Gasteiger partial charge is 0.183 e.